The van der Waals surface area contributed by atoms with Crippen molar-refractivity contribution >= 4 is 32.7 Å². The van der Waals surface area contributed by atoms with Crippen molar-refractivity contribution in [1.82, 2.24) is 20.0 Å². The fourth-order valence-corrected chi connectivity index (χ4v) is 2.16. The highest BCUT2D eigenvalue weighted by atomic mass is 79.9. The molecule has 6 heteroatoms. The third-order valence-electron chi connectivity index (χ3n) is 2.40. The minimum absolute atomic E-state index is 0.602. The molecule has 0 fully saturated rings. The van der Waals surface area contributed by atoms with Crippen LogP contribution in [0.5, 0.6) is 0 Å². The summed E-state index contributed by atoms with van der Waals surface area (Å²) >= 11 is 3.42. The van der Waals surface area contributed by atoms with E-state index in [1.165, 1.54) is 0 Å². The molecule has 2 heterocycles. The average Bonchev–Trinajstić information content (AvgIpc) is 2.73. The van der Waals surface area contributed by atoms with E-state index in [1.54, 1.807) is 16.9 Å². The van der Waals surface area contributed by atoms with Crippen LogP contribution in [0.25, 0.3) is 16.9 Å². The summed E-state index contributed by atoms with van der Waals surface area (Å²) in [5.74, 6) is 0.674. The molecule has 0 saturated carbocycles. The number of aromatic nitrogens is 4. The van der Waals surface area contributed by atoms with Crippen molar-refractivity contribution in [2.45, 2.75) is 0 Å². The number of para-hydroxylation sites is 1. The Morgan fingerprint density at radius 1 is 1.24 bits per heavy atom. The third-order valence-corrected chi connectivity index (χ3v) is 2.98. The van der Waals surface area contributed by atoms with Crippen LogP contribution in [0.2, 0.25) is 0 Å². The first-order chi connectivity index (χ1) is 8.25. The van der Waals surface area contributed by atoms with Gasteiger partial charge < -0.3 is 5.73 Å². The van der Waals surface area contributed by atoms with Crippen molar-refractivity contribution in [2.75, 3.05) is 5.73 Å². The third kappa shape index (κ3) is 1.66. The van der Waals surface area contributed by atoms with Gasteiger partial charge in [0.05, 0.1) is 21.9 Å². The topological polar surface area (TPSA) is 69.6 Å². The van der Waals surface area contributed by atoms with Crippen LogP contribution in [0.4, 0.5) is 5.69 Å². The second kappa shape index (κ2) is 3.81. The largest absolute Gasteiger partial charge is 0.397 e. The number of halogens is 1. The lowest BCUT2D eigenvalue weighted by atomic mass is 10.3. The van der Waals surface area contributed by atoms with E-state index in [0.29, 0.717) is 11.5 Å². The van der Waals surface area contributed by atoms with Gasteiger partial charge in [-0.25, -0.2) is 4.98 Å². The van der Waals surface area contributed by atoms with Gasteiger partial charge in [-0.15, -0.1) is 5.10 Å². The summed E-state index contributed by atoms with van der Waals surface area (Å²) in [5.41, 5.74) is 8.00. The number of benzene rings is 1. The number of hydrogen-bond donors (Lipinski definition) is 1. The minimum Gasteiger partial charge on any atom is -0.397 e. The molecule has 1 aromatic carbocycles. The normalized spacial score (nSPS) is 10.9. The highest BCUT2D eigenvalue weighted by molar-refractivity contribution is 9.10. The number of nitrogens with two attached hydrogens (primary N) is 1. The smallest absolute Gasteiger partial charge is 0.170 e. The predicted molar refractivity (Wildman–Crippen MR) is 68.8 cm³/mol. The van der Waals surface area contributed by atoms with Crippen LogP contribution in [0.15, 0.2) is 41.0 Å². The summed E-state index contributed by atoms with van der Waals surface area (Å²) in [7, 11) is 0. The van der Waals surface area contributed by atoms with E-state index in [4.69, 9.17) is 5.73 Å². The Morgan fingerprint density at radius 3 is 2.88 bits per heavy atom. The van der Waals surface area contributed by atoms with E-state index in [0.717, 1.165) is 15.5 Å². The van der Waals surface area contributed by atoms with Gasteiger partial charge in [-0.3, -0.25) is 0 Å². The van der Waals surface area contributed by atoms with Crippen LogP contribution in [-0.2, 0) is 0 Å². The first kappa shape index (κ1) is 10.2. The van der Waals surface area contributed by atoms with E-state index >= 15 is 0 Å². The lowest BCUT2D eigenvalue weighted by Gasteiger charge is -2.04. The molecular weight excluding hydrogens is 282 g/mol. The Morgan fingerprint density at radius 2 is 2.06 bits per heavy atom. The van der Waals surface area contributed by atoms with Crippen molar-refractivity contribution in [3.8, 4) is 5.82 Å². The molecule has 0 spiro atoms. The van der Waals surface area contributed by atoms with Crippen molar-refractivity contribution in [1.29, 1.82) is 0 Å². The van der Waals surface area contributed by atoms with Crippen molar-refractivity contribution in [3.05, 3.63) is 41.0 Å². The fraction of sp³-hybridized carbons (Fsp3) is 0. The maximum atomic E-state index is 5.66. The van der Waals surface area contributed by atoms with Crippen LogP contribution in [0.3, 0.4) is 0 Å². The molecule has 0 aliphatic carbocycles. The predicted octanol–water partition coefficient (Wildman–Crippen LogP) is 2.16. The van der Waals surface area contributed by atoms with Gasteiger partial charge in [0.25, 0.3) is 0 Å². The van der Waals surface area contributed by atoms with Crippen LogP contribution < -0.4 is 5.73 Å². The molecule has 17 heavy (non-hydrogen) atoms. The van der Waals surface area contributed by atoms with Gasteiger partial charge in [0, 0.05) is 0 Å². The first-order valence-electron chi connectivity index (χ1n) is 4.97. The summed E-state index contributed by atoms with van der Waals surface area (Å²) in [6.45, 7) is 0. The summed E-state index contributed by atoms with van der Waals surface area (Å²) in [6, 6.07) is 9.50. The minimum atomic E-state index is 0.602. The Labute approximate surface area is 105 Å². The quantitative estimate of drug-likeness (QED) is 0.745. The number of fused-ring (bicyclic) bond motifs is 1. The van der Waals surface area contributed by atoms with Gasteiger partial charge in [-0.2, -0.15) is 4.68 Å². The lowest BCUT2D eigenvalue weighted by molar-refractivity contribution is 0.798. The van der Waals surface area contributed by atoms with Crippen molar-refractivity contribution in [2.24, 2.45) is 0 Å². The van der Waals surface area contributed by atoms with Crippen LogP contribution >= 0.6 is 15.9 Å². The summed E-state index contributed by atoms with van der Waals surface area (Å²) < 4.78 is 2.46. The number of nitrogens with zero attached hydrogens (tertiary/aromatic N) is 4. The number of pyridine rings is 1. The molecule has 3 aromatic rings. The summed E-state index contributed by atoms with van der Waals surface area (Å²) in [6.07, 6.45) is 1.59. The zero-order chi connectivity index (χ0) is 11.8. The first-order valence-corrected chi connectivity index (χ1v) is 5.77. The monoisotopic (exact) mass is 289 g/mol. The molecule has 0 saturated heterocycles. The molecule has 0 unspecified atom stereocenters. The fourth-order valence-electron chi connectivity index (χ4n) is 1.63. The van der Waals surface area contributed by atoms with Gasteiger partial charge in [-0.1, -0.05) is 17.3 Å². The standard InChI is InChI=1S/C11H8BrN5/c12-8-5-7(13)6-14-11(8)17-10-4-2-1-3-9(10)15-16-17/h1-6H,13H2. The van der Waals surface area contributed by atoms with E-state index in [2.05, 4.69) is 31.2 Å². The van der Waals surface area contributed by atoms with E-state index in [1.807, 2.05) is 24.3 Å². The van der Waals surface area contributed by atoms with Crippen molar-refractivity contribution < 1.29 is 0 Å². The molecule has 84 valence electrons. The second-order valence-electron chi connectivity index (χ2n) is 3.56. The summed E-state index contributed by atoms with van der Waals surface area (Å²) in [5, 5.41) is 8.17. The Bertz CT molecular complexity index is 691. The molecule has 0 radical (unpaired) electrons. The van der Waals surface area contributed by atoms with Crippen LogP contribution in [0.1, 0.15) is 0 Å². The van der Waals surface area contributed by atoms with E-state index in [9.17, 15) is 0 Å². The van der Waals surface area contributed by atoms with Crippen LogP contribution in [-0.4, -0.2) is 20.0 Å². The molecule has 2 aromatic heterocycles. The Balaban J connectivity index is 2.27. The molecule has 5 nitrogen and oxygen atoms in total. The van der Waals surface area contributed by atoms with Gasteiger partial charge in [0.2, 0.25) is 0 Å². The maximum absolute atomic E-state index is 5.66. The van der Waals surface area contributed by atoms with E-state index < -0.39 is 0 Å². The molecule has 0 bridgehead atoms. The molecule has 0 amide bonds. The molecule has 0 atom stereocenters. The summed E-state index contributed by atoms with van der Waals surface area (Å²) in [4.78, 5) is 4.26. The highest BCUT2D eigenvalue weighted by Crippen LogP contribution is 2.23. The molecule has 2 N–H and O–H groups in total. The van der Waals surface area contributed by atoms with Gasteiger partial charge in [-0.05, 0) is 34.1 Å². The zero-order valence-corrected chi connectivity index (χ0v) is 10.3. The molecule has 0 aliphatic heterocycles. The lowest BCUT2D eigenvalue weighted by Crippen LogP contribution is -2.01. The number of rotatable bonds is 1. The maximum Gasteiger partial charge on any atom is 0.170 e. The average molecular weight is 290 g/mol. The molecular formula is C11H8BrN5. The number of nitrogen functional groups attached to an aromatic ring is 1. The molecule has 3 rings (SSSR count). The van der Waals surface area contributed by atoms with E-state index in [-0.39, 0.29) is 0 Å². The second-order valence-corrected chi connectivity index (χ2v) is 4.42. The van der Waals surface area contributed by atoms with Gasteiger partial charge >= 0.3 is 0 Å². The van der Waals surface area contributed by atoms with Gasteiger partial charge in [0.15, 0.2) is 5.82 Å². The SMILES string of the molecule is Nc1cnc(-n2nnc3ccccc32)c(Br)c1. The number of anilines is 1. The Kier molecular flexibility index (Phi) is 2.29. The van der Waals surface area contributed by atoms with Gasteiger partial charge in [0.1, 0.15) is 5.52 Å². The highest BCUT2D eigenvalue weighted by Gasteiger charge is 2.10. The number of hydrogen-bond acceptors (Lipinski definition) is 4. The van der Waals surface area contributed by atoms with Crippen LogP contribution in [0, 0.1) is 0 Å². The molecule has 0 aliphatic rings. The Hall–Kier alpha value is -1.95. The van der Waals surface area contributed by atoms with Crippen molar-refractivity contribution in [3.63, 3.8) is 0 Å². The zero-order valence-electron chi connectivity index (χ0n) is 8.71.